The molecular formula is C15H12N2O4. The number of methoxy groups -OCH3 is 1. The molecule has 0 bridgehead atoms. The topological polar surface area (TPSA) is 103 Å². The molecule has 1 amide bonds. The molecule has 0 spiro atoms. The number of carbonyl (C=O) groups excluding carboxylic acids is 1. The molecule has 6 heteroatoms. The Balaban J connectivity index is 2.27. The van der Waals surface area contributed by atoms with Crippen LogP contribution in [0.3, 0.4) is 0 Å². The summed E-state index contributed by atoms with van der Waals surface area (Å²) in [7, 11) is 1.43. The average Bonchev–Trinajstić information content (AvgIpc) is 2.50. The molecule has 0 heterocycles. The van der Waals surface area contributed by atoms with Crippen LogP contribution in [0, 0.1) is 11.3 Å². The van der Waals surface area contributed by atoms with E-state index in [0.717, 1.165) is 6.07 Å². The van der Waals surface area contributed by atoms with E-state index in [1.54, 1.807) is 12.1 Å². The molecule has 3 N–H and O–H groups in total. The van der Waals surface area contributed by atoms with Gasteiger partial charge in [-0.25, -0.2) is 0 Å². The molecule has 0 aliphatic heterocycles. The van der Waals surface area contributed by atoms with Gasteiger partial charge in [0.25, 0.3) is 5.91 Å². The van der Waals surface area contributed by atoms with Crippen LogP contribution in [0.5, 0.6) is 17.2 Å². The highest BCUT2D eigenvalue weighted by atomic mass is 16.5. The van der Waals surface area contributed by atoms with Crippen LogP contribution in [-0.2, 0) is 0 Å². The fraction of sp³-hybridized carbons (Fsp3) is 0.0667. The van der Waals surface area contributed by atoms with Crippen molar-refractivity contribution in [3.63, 3.8) is 0 Å². The van der Waals surface area contributed by atoms with Crippen LogP contribution in [0.2, 0.25) is 0 Å². The standard InChI is InChI=1S/C15H12N2O4/c1-21-14-6-9(8-16)2-4-11(14)17-15(20)10-3-5-12(18)13(19)7-10/h2-7,18-19H,1H3,(H,17,20). The maximum Gasteiger partial charge on any atom is 0.255 e. The van der Waals surface area contributed by atoms with Gasteiger partial charge in [-0.2, -0.15) is 5.26 Å². The maximum atomic E-state index is 12.1. The number of ether oxygens (including phenoxy) is 1. The highest BCUT2D eigenvalue weighted by Gasteiger charge is 2.12. The molecule has 0 aliphatic rings. The third kappa shape index (κ3) is 3.04. The lowest BCUT2D eigenvalue weighted by atomic mass is 10.1. The number of benzene rings is 2. The lowest BCUT2D eigenvalue weighted by Crippen LogP contribution is -2.12. The number of carbonyl (C=O) groups is 1. The first kappa shape index (κ1) is 14.2. The van der Waals surface area contributed by atoms with Gasteiger partial charge in [-0.1, -0.05) is 0 Å². The molecule has 6 nitrogen and oxygen atoms in total. The Hall–Kier alpha value is -3.20. The lowest BCUT2D eigenvalue weighted by molar-refractivity contribution is 0.102. The smallest absolute Gasteiger partial charge is 0.255 e. The zero-order chi connectivity index (χ0) is 15.4. The van der Waals surface area contributed by atoms with Crippen molar-refractivity contribution in [2.24, 2.45) is 0 Å². The highest BCUT2D eigenvalue weighted by Crippen LogP contribution is 2.28. The second kappa shape index (κ2) is 5.84. The number of aromatic hydroxyl groups is 2. The summed E-state index contributed by atoms with van der Waals surface area (Å²) in [6, 6.07) is 10.3. The van der Waals surface area contributed by atoms with Crippen LogP contribution in [0.25, 0.3) is 0 Å². The first-order valence-corrected chi connectivity index (χ1v) is 5.96. The van der Waals surface area contributed by atoms with Gasteiger partial charge in [0.1, 0.15) is 5.75 Å². The Kier molecular flexibility index (Phi) is 3.95. The molecule has 0 aromatic heterocycles. The largest absolute Gasteiger partial charge is 0.504 e. The van der Waals surface area contributed by atoms with Crippen LogP contribution < -0.4 is 10.1 Å². The molecule has 0 saturated heterocycles. The van der Waals surface area contributed by atoms with Crippen LogP contribution >= 0.6 is 0 Å². The first-order valence-electron chi connectivity index (χ1n) is 5.96. The zero-order valence-electron chi connectivity index (χ0n) is 11.1. The molecule has 2 aromatic carbocycles. The van der Waals surface area contributed by atoms with Crippen LogP contribution in [0.15, 0.2) is 36.4 Å². The van der Waals surface area contributed by atoms with E-state index < -0.39 is 5.91 Å². The van der Waals surface area contributed by atoms with Gasteiger partial charge in [0.05, 0.1) is 24.4 Å². The minimum absolute atomic E-state index is 0.178. The number of phenols is 2. The number of amides is 1. The van der Waals surface area contributed by atoms with E-state index >= 15 is 0 Å². The Bertz CT molecular complexity index is 735. The van der Waals surface area contributed by atoms with Gasteiger partial charge in [-0.3, -0.25) is 4.79 Å². The van der Waals surface area contributed by atoms with E-state index in [2.05, 4.69) is 5.32 Å². The fourth-order valence-corrected chi connectivity index (χ4v) is 1.72. The predicted molar refractivity (Wildman–Crippen MR) is 75.4 cm³/mol. The molecule has 106 valence electrons. The Morgan fingerprint density at radius 1 is 1.19 bits per heavy atom. The summed E-state index contributed by atoms with van der Waals surface area (Å²) in [6.45, 7) is 0. The van der Waals surface area contributed by atoms with Crippen molar-refractivity contribution in [1.82, 2.24) is 0 Å². The monoisotopic (exact) mass is 284 g/mol. The molecule has 0 unspecified atom stereocenters. The number of hydrogen-bond donors (Lipinski definition) is 3. The molecule has 2 aromatic rings. The van der Waals surface area contributed by atoms with Crippen molar-refractivity contribution >= 4 is 11.6 Å². The SMILES string of the molecule is COc1cc(C#N)ccc1NC(=O)c1ccc(O)c(O)c1. The minimum atomic E-state index is -0.478. The van der Waals surface area contributed by atoms with E-state index in [4.69, 9.17) is 10.00 Å². The van der Waals surface area contributed by atoms with E-state index in [1.165, 1.54) is 25.3 Å². The maximum absolute atomic E-state index is 12.1. The number of nitriles is 1. The van der Waals surface area contributed by atoms with E-state index in [0.29, 0.717) is 17.0 Å². The Morgan fingerprint density at radius 3 is 2.57 bits per heavy atom. The summed E-state index contributed by atoms with van der Waals surface area (Å²) in [5, 5.41) is 30.0. The highest BCUT2D eigenvalue weighted by molar-refractivity contribution is 6.05. The molecule has 0 radical (unpaired) electrons. The predicted octanol–water partition coefficient (Wildman–Crippen LogP) is 2.23. The number of phenolic OH excluding ortho intramolecular Hbond substituents is 2. The van der Waals surface area contributed by atoms with Crippen molar-refractivity contribution in [3.05, 3.63) is 47.5 Å². The van der Waals surface area contributed by atoms with Crippen molar-refractivity contribution in [1.29, 1.82) is 5.26 Å². The third-order valence-electron chi connectivity index (χ3n) is 2.82. The minimum Gasteiger partial charge on any atom is -0.504 e. The van der Waals surface area contributed by atoms with Gasteiger partial charge < -0.3 is 20.3 Å². The lowest BCUT2D eigenvalue weighted by Gasteiger charge is -2.10. The molecule has 0 saturated carbocycles. The summed E-state index contributed by atoms with van der Waals surface area (Å²) < 4.78 is 5.11. The summed E-state index contributed by atoms with van der Waals surface area (Å²) in [5.74, 6) is -0.810. The van der Waals surface area contributed by atoms with Gasteiger partial charge >= 0.3 is 0 Å². The van der Waals surface area contributed by atoms with Gasteiger partial charge in [0, 0.05) is 11.6 Å². The summed E-state index contributed by atoms with van der Waals surface area (Å²) in [5.41, 5.74) is 0.984. The zero-order valence-corrected chi connectivity index (χ0v) is 11.1. The second-order valence-electron chi connectivity index (χ2n) is 4.18. The number of anilines is 1. The summed E-state index contributed by atoms with van der Waals surface area (Å²) in [4.78, 5) is 12.1. The average molecular weight is 284 g/mol. The van der Waals surface area contributed by atoms with Crippen molar-refractivity contribution in [2.75, 3.05) is 12.4 Å². The number of nitrogens with zero attached hydrogens (tertiary/aromatic N) is 1. The molecule has 21 heavy (non-hydrogen) atoms. The van der Waals surface area contributed by atoms with Gasteiger partial charge in [0.15, 0.2) is 11.5 Å². The van der Waals surface area contributed by atoms with Crippen molar-refractivity contribution < 1.29 is 19.7 Å². The van der Waals surface area contributed by atoms with E-state index in [9.17, 15) is 15.0 Å². The van der Waals surface area contributed by atoms with Crippen molar-refractivity contribution in [2.45, 2.75) is 0 Å². The quantitative estimate of drug-likeness (QED) is 0.750. The Morgan fingerprint density at radius 2 is 1.95 bits per heavy atom. The fourth-order valence-electron chi connectivity index (χ4n) is 1.72. The normalized spacial score (nSPS) is 9.71. The van der Waals surface area contributed by atoms with Crippen LogP contribution in [0.4, 0.5) is 5.69 Å². The van der Waals surface area contributed by atoms with Gasteiger partial charge in [-0.05, 0) is 30.3 Å². The van der Waals surface area contributed by atoms with Gasteiger partial charge in [0.2, 0.25) is 0 Å². The summed E-state index contributed by atoms with van der Waals surface area (Å²) >= 11 is 0. The Labute approximate surface area is 120 Å². The van der Waals surface area contributed by atoms with Crippen molar-refractivity contribution in [3.8, 4) is 23.3 Å². The first-order chi connectivity index (χ1) is 10.0. The summed E-state index contributed by atoms with van der Waals surface area (Å²) in [6.07, 6.45) is 0. The number of rotatable bonds is 3. The van der Waals surface area contributed by atoms with E-state index in [1.807, 2.05) is 6.07 Å². The molecule has 2 rings (SSSR count). The third-order valence-corrected chi connectivity index (χ3v) is 2.82. The van der Waals surface area contributed by atoms with Gasteiger partial charge in [-0.15, -0.1) is 0 Å². The van der Waals surface area contributed by atoms with E-state index in [-0.39, 0.29) is 17.1 Å². The molecule has 0 aliphatic carbocycles. The van der Waals surface area contributed by atoms with Crippen LogP contribution in [0.1, 0.15) is 15.9 Å². The molecular weight excluding hydrogens is 272 g/mol. The second-order valence-corrected chi connectivity index (χ2v) is 4.18. The molecule has 0 atom stereocenters. The molecule has 0 fully saturated rings. The van der Waals surface area contributed by atoms with Crippen LogP contribution in [-0.4, -0.2) is 23.2 Å². The number of nitrogens with one attached hydrogen (secondary N) is 1. The number of hydrogen-bond acceptors (Lipinski definition) is 5.